The lowest BCUT2D eigenvalue weighted by Crippen LogP contribution is -2.31. The van der Waals surface area contributed by atoms with E-state index < -0.39 is 17.8 Å². The van der Waals surface area contributed by atoms with Crippen LogP contribution >= 0.6 is 0 Å². The number of carboxylic acids is 1. The molecule has 0 amide bonds. The van der Waals surface area contributed by atoms with Crippen LogP contribution in [-0.4, -0.2) is 32.5 Å². The Morgan fingerprint density at radius 3 is 2.40 bits per heavy atom. The predicted octanol–water partition coefficient (Wildman–Crippen LogP) is 2.40. The third-order valence-electron chi connectivity index (χ3n) is 4.16. The molecule has 1 aromatic rings. The second kappa shape index (κ2) is 4.98. The minimum absolute atomic E-state index is 0.0989. The van der Waals surface area contributed by atoms with Crippen molar-refractivity contribution in [3.63, 3.8) is 0 Å². The minimum atomic E-state index is -1.30. The maximum atomic E-state index is 11.2. The van der Waals surface area contributed by atoms with E-state index in [-0.39, 0.29) is 29.1 Å². The van der Waals surface area contributed by atoms with Gasteiger partial charge in [-0.05, 0) is 29.9 Å². The zero-order valence-electron chi connectivity index (χ0n) is 11.8. The second-order valence-electron chi connectivity index (χ2n) is 5.90. The molecule has 20 heavy (non-hydrogen) atoms. The Bertz CT molecular complexity index is 550. The van der Waals surface area contributed by atoms with Crippen LogP contribution in [0.15, 0.2) is 6.07 Å². The zero-order valence-corrected chi connectivity index (χ0v) is 11.8. The highest BCUT2D eigenvalue weighted by molar-refractivity contribution is 5.92. The average molecular weight is 280 g/mol. The fourth-order valence-corrected chi connectivity index (χ4v) is 3.29. The van der Waals surface area contributed by atoms with Gasteiger partial charge in [-0.1, -0.05) is 20.8 Å². The molecule has 0 spiro atoms. The largest absolute Gasteiger partial charge is 0.504 e. The summed E-state index contributed by atoms with van der Waals surface area (Å²) in [6.07, 6.45) is -0.0991. The van der Waals surface area contributed by atoms with Gasteiger partial charge in [-0.15, -0.1) is 0 Å². The van der Waals surface area contributed by atoms with Gasteiger partial charge in [0.05, 0.1) is 6.10 Å². The number of hydrogen-bond acceptors (Lipinski definition) is 4. The summed E-state index contributed by atoms with van der Waals surface area (Å²) >= 11 is 0. The lowest BCUT2D eigenvalue weighted by Gasteiger charge is -2.37. The number of aromatic hydroxyl groups is 2. The van der Waals surface area contributed by atoms with Crippen LogP contribution in [0.1, 0.15) is 60.5 Å². The molecule has 5 heteroatoms. The van der Waals surface area contributed by atoms with Gasteiger partial charge in [0, 0.05) is 11.5 Å². The fraction of sp³-hybridized carbons (Fsp3) is 0.533. The van der Waals surface area contributed by atoms with Crippen LogP contribution in [-0.2, 0) is 0 Å². The first-order chi connectivity index (χ1) is 9.25. The number of rotatable bonds is 2. The van der Waals surface area contributed by atoms with Crippen molar-refractivity contribution < 1.29 is 25.2 Å². The third kappa shape index (κ3) is 2.12. The van der Waals surface area contributed by atoms with E-state index in [4.69, 9.17) is 5.11 Å². The van der Waals surface area contributed by atoms with Gasteiger partial charge in [-0.2, -0.15) is 0 Å². The first-order valence-corrected chi connectivity index (χ1v) is 6.75. The quantitative estimate of drug-likeness (QED) is 0.624. The van der Waals surface area contributed by atoms with Crippen LogP contribution in [0.2, 0.25) is 0 Å². The highest BCUT2D eigenvalue weighted by atomic mass is 16.4. The smallest absolute Gasteiger partial charge is 0.339 e. The number of aliphatic hydroxyl groups is 1. The number of aliphatic hydroxyl groups excluding tert-OH is 1. The Morgan fingerprint density at radius 1 is 1.30 bits per heavy atom. The van der Waals surface area contributed by atoms with Gasteiger partial charge in [-0.3, -0.25) is 0 Å². The van der Waals surface area contributed by atoms with E-state index in [0.29, 0.717) is 17.5 Å². The van der Waals surface area contributed by atoms with Gasteiger partial charge in [0.2, 0.25) is 0 Å². The predicted molar refractivity (Wildman–Crippen MR) is 73.3 cm³/mol. The van der Waals surface area contributed by atoms with Crippen LogP contribution in [0.4, 0.5) is 0 Å². The molecule has 110 valence electrons. The van der Waals surface area contributed by atoms with E-state index in [1.807, 2.05) is 20.8 Å². The molecule has 0 saturated carbocycles. The van der Waals surface area contributed by atoms with Gasteiger partial charge in [0.25, 0.3) is 0 Å². The lowest BCUT2D eigenvalue weighted by molar-refractivity contribution is 0.0689. The highest BCUT2D eigenvalue weighted by Gasteiger charge is 2.37. The summed E-state index contributed by atoms with van der Waals surface area (Å²) in [5.74, 6) is -2.54. The number of benzene rings is 1. The molecule has 1 aliphatic carbocycles. The summed E-state index contributed by atoms with van der Waals surface area (Å²) in [7, 11) is 0. The molecule has 0 unspecified atom stereocenters. The molecule has 5 nitrogen and oxygen atoms in total. The summed E-state index contributed by atoms with van der Waals surface area (Å²) in [6.45, 7) is 5.73. The van der Waals surface area contributed by atoms with Gasteiger partial charge >= 0.3 is 5.97 Å². The normalized spacial score (nSPS) is 25.6. The molecule has 0 radical (unpaired) electrons. The van der Waals surface area contributed by atoms with Crippen LogP contribution in [0.25, 0.3) is 0 Å². The molecular formula is C15H20O5. The Kier molecular flexibility index (Phi) is 3.65. The van der Waals surface area contributed by atoms with Gasteiger partial charge < -0.3 is 20.4 Å². The second-order valence-corrected chi connectivity index (χ2v) is 5.90. The van der Waals surface area contributed by atoms with Crippen molar-refractivity contribution in [3.05, 3.63) is 22.8 Å². The molecule has 0 fully saturated rings. The lowest BCUT2D eigenvalue weighted by atomic mass is 9.70. The van der Waals surface area contributed by atoms with Crippen LogP contribution in [0.3, 0.4) is 0 Å². The standard InChI is InChI=1S/C15H20O5/c1-6(2)11-8-5-9(15(19)20)13(17)14(18)12(8)7(3)4-10(11)16/h5-7,10-11,16-18H,4H2,1-3H3,(H,19,20)/t7-,10-,11+/m0/s1. The van der Waals surface area contributed by atoms with Gasteiger partial charge in [0.1, 0.15) is 5.56 Å². The van der Waals surface area contributed by atoms with Crippen LogP contribution < -0.4 is 0 Å². The highest BCUT2D eigenvalue weighted by Crippen LogP contribution is 2.49. The van der Waals surface area contributed by atoms with Crippen LogP contribution in [0, 0.1) is 5.92 Å². The Hall–Kier alpha value is -1.75. The van der Waals surface area contributed by atoms with E-state index in [1.165, 1.54) is 6.07 Å². The summed E-state index contributed by atoms with van der Waals surface area (Å²) in [5.41, 5.74) is 0.851. The number of phenols is 2. The van der Waals surface area contributed by atoms with Crippen molar-refractivity contribution in [2.24, 2.45) is 5.92 Å². The summed E-state index contributed by atoms with van der Waals surface area (Å²) in [4.78, 5) is 11.2. The Morgan fingerprint density at radius 2 is 1.90 bits per heavy atom. The van der Waals surface area contributed by atoms with Crippen molar-refractivity contribution in [1.29, 1.82) is 0 Å². The molecule has 0 heterocycles. The maximum Gasteiger partial charge on any atom is 0.339 e. The van der Waals surface area contributed by atoms with Gasteiger partial charge in [-0.25, -0.2) is 4.79 Å². The fourth-order valence-electron chi connectivity index (χ4n) is 3.29. The number of carbonyl (C=O) groups is 1. The molecule has 1 aromatic carbocycles. The van der Waals surface area contributed by atoms with Crippen molar-refractivity contribution in [3.8, 4) is 11.5 Å². The SMILES string of the molecule is CC(C)[C@@H]1c2cc(C(=O)O)c(O)c(O)c2[C@@H](C)C[C@@H]1O. The molecule has 0 aromatic heterocycles. The molecule has 0 bridgehead atoms. The van der Waals surface area contributed by atoms with Crippen LogP contribution in [0.5, 0.6) is 11.5 Å². The molecule has 0 saturated heterocycles. The zero-order chi connectivity index (χ0) is 15.2. The van der Waals surface area contributed by atoms with E-state index in [2.05, 4.69) is 0 Å². The summed E-state index contributed by atoms with van der Waals surface area (Å²) in [6, 6.07) is 1.39. The topological polar surface area (TPSA) is 98.0 Å². The van der Waals surface area contributed by atoms with E-state index in [9.17, 15) is 20.1 Å². The first-order valence-electron chi connectivity index (χ1n) is 6.75. The van der Waals surface area contributed by atoms with Crippen molar-refractivity contribution >= 4 is 5.97 Å². The van der Waals surface area contributed by atoms with Crippen molar-refractivity contribution in [2.45, 2.75) is 45.1 Å². The Balaban J connectivity index is 2.74. The van der Waals surface area contributed by atoms with Crippen molar-refractivity contribution in [1.82, 2.24) is 0 Å². The monoisotopic (exact) mass is 280 g/mol. The maximum absolute atomic E-state index is 11.2. The molecule has 2 rings (SSSR count). The van der Waals surface area contributed by atoms with Crippen molar-refractivity contribution in [2.75, 3.05) is 0 Å². The van der Waals surface area contributed by atoms with Gasteiger partial charge in [0.15, 0.2) is 11.5 Å². The number of aromatic carboxylic acids is 1. The molecule has 3 atom stereocenters. The average Bonchev–Trinajstić information content (AvgIpc) is 2.31. The Labute approximate surface area is 117 Å². The number of phenolic OH excluding ortho intramolecular Hbond substituents is 1. The molecule has 0 aliphatic heterocycles. The third-order valence-corrected chi connectivity index (χ3v) is 4.16. The molecule has 1 aliphatic rings. The van der Waals surface area contributed by atoms with E-state index in [0.717, 1.165) is 0 Å². The van der Waals surface area contributed by atoms with E-state index >= 15 is 0 Å². The first kappa shape index (κ1) is 14.7. The molecule has 4 N–H and O–H groups in total. The summed E-state index contributed by atoms with van der Waals surface area (Å²) in [5, 5.41) is 39.3. The number of hydrogen-bond donors (Lipinski definition) is 4. The summed E-state index contributed by atoms with van der Waals surface area (Å²) < 4.78 is 0. The minimum Gasteiger partial charge on any atom is -0.504 e. The molecular weight excluding hydrogens is 260 g/mol. The van der Waals surface area contributed by atoms with E-state index in [1.54, 1.807) is 0 Å². The number of fused-ring (bicyclic) bond motifs is 1. The number of carboxylic acid groups (broad SMARTS) is 1.